The van der Waals surface area contributed by atoms with Crippen LogP contribution in [-0.2, 0) is 6.42 Å². The summed E-state index contributed by atoms with van der Waals surface area (Å²) in [7, 11) is 3.63. The molecule has 25 heavy (non-hydrogen) atoms. The summed E-state index contributed by atoms with van der Waals surface area (Å²) >= 11 is 0. The van der Waals surface area contributed by atoms with Gasteiger partial charge in [-0.1, -0.05) is 12.1 Å². The van der Waals surface area contributed by atoms with Crippen LogP contribution < -0.4 is 15.5 Å². The van der Waals surface area contributed by atoms with E-state index in [9.17, 15) is 9.59 Å². The molecule has 2 N–H and O–H groups in total. The Hall–Kier alpha value is -2.82. The van der Waals surface area contributed by atoms with Crippen LogP contribution in [0.4, 0.5) is 5.69 Å². The monoisotopic (exact) mass is 339 g/mol. The Bertz CT molecular complexity index is 709. The minimum atomic E-state index is -0.1000. The largest absolute Gasteiger partial charge is 0.375 e. The molecule has 0 spiro atoms. The van der Waals surface area contributed by atoms with Gasteiger partial charge in [-0.3, -0.25) is 9.59 Å². The highest BCUT2D eigenvalue weighted by Crippen LogP contribution is 2.13. The number of amides is 2. The smallest absolute Gasteiger partial charge is 0.251 e. The summed E-state index contributed by atoms with van der Waals surface area (Å²) in [5.41, 5.74) is 3.46. The quantitative estimate of drug-likeness (QED) is 0.815. The molecule has 0 radical (unpaired) electrons. The van der Waals surface area contributed by atoms with Crippen molar-refractivity contribution < 1.29 is 9.59 Å². The van der Waals surface area contributed by atoms with Crippen LogP contribution in [0, 0.1) is 0 Å². The average Bonchev–Trinajstić information content (AvgIpc) is 2.67. The number of hydrogen-bond donors (Lipinski definition) is 2. The Labute approximate surface area is 149 Å². The summed E-state index contributed by atoms with van der Waals surface area (Å²) in [5.74, 6) is -0.176. The van der Waals surface area contributed by atoms with Crippen molar-refractivity contribution in [2.75, 3.05) is 32.1 Å². The lowest BCUT2D eigenvalue weighted by atomic mass is 10.1. The minimum Gasteiger partial charge on any atom is -0.375 e. The second-order valence-electron chi connectivity index (χ2n) is 5.84. The summed E-state index contributed by atoms with van der Waals surface area (Å²) in [4.78, 5) is 25.8. The van der Waals surface area contributed by atoms with E-state index in [2.05, 4.69) is 22.5 Å². The van der Waals surface area contributed by atoms with E-state index in [4.69, 9.17) is 0 Å². The molecule has 0 aliphatic heterocycles. The van der Waals surface area contributed by atoms with Crippen molar-refractivity contribution in [3.63, 3.8) is 0 Å². The first-order valence-corrected chi connectivity index (χ1v) is 8.45. The lowest BCUT2D eigenvalue weighted by Gasteiger charge is -2.16. The minimum absolute atomic E-state index is 0.0762. The van der Waals surface area contributed by atoms with E-state index >= 15 is 0 Å². The van der Waals surface area contributed by atoms with E-state index in [1.165, 1.54) is 0 Å². The number of benzene rings is 2. The SMILES string of the molecule is CCN(C)c1ccc(C(=O)NCCc2ccc(C(=O)NC)cc2)cc1. The average molecular weight is 339 g/mol. The molecule has 0 bridgehead atoms. The van der Waals surface area contributed by atoms with Crippen molar-refractivity contribution in [3.05, 3.63) is 65.2 Å². The number of anilines is 1. The second kappa shape index (κ2) is 8.87. The summed E-state index contributed by atoms with van der Waals surface area (Å²) in [5, 5.41) is 5.52. The van der Waals surface area contributed by atoms with E-state index in [0.29, 0.717) is 17.7 Å². The van der Waals surface area contributed by atoms with Crippen LogP contribution in [-0.4, -0.2) is 39.0 Å². The van der Waals surface area contributed by atoms with Crippen LogP contribution >= 0.6 is 0 Å². The first-order chi connectivity index (χ1) is 12.0. The summed E-state index contributed by atoms with van der Waals surface area (Å²) in [6.45, 7) is 3.56. The summed E-state index contributed by atoms with van der Waals surface area (Å²) in [6.07, 6.45) is 0.719. The Morgan fingerprint density at radius 2 is 1.48 bits per heavy atom. The number of carbonyl (C=O) groups excluding carboxylic acids is 2. The van der Waals surface area contributed by atoms with Gasteiger partial charge in [-0.25, -0.2) is 0 Å². The third kappa shape index (κ3) is 5.08. The normalized spacial score (nSPS) is 10.2. The van der Waals surface area contributed by atoms with Gasteiger partial charge in [0.1, 0.15) is 0 Å². The molecule has 2 aromatic rings. The maximum atomic E-state index is 12.2. The lowest BCUT2D eigenvalue weighted by Crippen LogP contribution is -2.25. The zero-order chi connectivity index (χ0) is 18.2. The van der Waals surface area contributed by atoms with Gasteiger partial charge in [0.25, 0.3) is 11.8 Å². The molecule has 2 rings (SSSR count). The van der Waals surface area contributed by atoms with Crippen LogP contribution in [0.2, 0.25) is 0 Å². The van der Waals surface area contributed by atoms with Crippen molar-refractivity contribution in [2.24, 2.45) is 0 Å². The molecule has 132 valence electrons. The second-order valence-corrected chi connectivity index (χ2v) is 5.84. The summed E-state index contributed by atoms with van der Waals surface area (Å²) in [6, 6.07) is 15.0. The lowest BCUT2D eigenvalue weighted by molar-refractivity contribution is 0.0949. The number of hydrogen-bond acceptors (Lipinski definition) is 3. The standard InChI is InChI=1S/C20H25N3O2/c1-4-23(3)18-11-9-17(10-12-18)20(25)22-14-13-15-5-7-16(8-6-15)19(24)21-2/h5-12H,4,13-14H2,1-3H3,(H,21,24)(H,22,25). The molecule has 5 nitrogen and oxygen atoms in total. The number of nitrogens with zero attached hydrogens (tertiary/aromatic N) is 1. The van der Waals surface area contributed by atoms with E-state index in [1.807, 2.05) is 43.4 Å². The molecule has 5 heteroatoms. The molecular formula is C20H25N3O2. The first kappa shape index (κ1) is 18.5. The maximum absolute atomic E-state index is 12.2. The molecule has 0 fully saturated rings. The van der Waals surface area contributed by atoms with Crippen molar-refractivity contribution >= 4 is 17.5 Å². The molecule has 0 aliphatic rings. The van der Waals surface area contributed by atoms with Crippen LogP contribution in [0.3, 0.4) is 0 Å². The van der Waals surface area contributed by atoms with E-state index < -0.39 is 0 Å². The van der Waals surface area contributed by atoms with Crippen LogP contribution in [0.15, 0.2) is 48.5 Å². The van der Waals surface area contributed by atoms with Gasteiger partial charge in [0.2, 0.25) is 0 Å². The Balaban J connectivity index is 1.84. The third-order valence-corrected chi connectivity index (χ3v) is 4.19. The van der Waals surface area contributed by atoms with Crippen molar-refractivity contribution in [2.45, 2.75) is 13.3 Å². The van der Waals surface area contributed by atoms with Crippen LogP contribution in [0.5, 0.6) is 0 Å². The van der Waals surface area contributed by atoms with Crippen LogP contribution in [0.25, 0.3) is 0 Å². The Morgan fingerprint density at radius 1 is 0.920 bits per heavy atom. The predicted octanol–water partition coefficient (Wildman–Crippen LogP) is 2.47. The van der Waals surface area contributed by atoms with Crippen LogP contribution in [0.1, 0.15) is 33.2 Å². The molecule has 0 heterocycles. The van der Waals surface area contributed by atoms with Gasteiger partial charge in [0.05, 0.1) is 0 Å². The van der Waals surface area contributed by atoms with Crippen molar-refractivity contribution in [1.82, 2.24) is 10.6 Å². The van der Waals surface area contributed by atoms with E-state index in [-0.39, 0.29) is 11.8 Å². The molecule has 0 aliphatic carbocycles. The van der Waals surface area contributed by atoms with Crippen molar-refractivity contribution in [3.8, 4) is 0 Å². The van der Waals surface area contributed by atoms with Gasteiger partial charge in [-0.15, -0.1) is 0 Å². The Kier molecular flexibility index (Phi) is 6.57. The Morgan fingerprint density at radius 3 is 2.04 bits per heavy atom. The third-order valence-electron chi connectivity index (χ3n) is 4.19. The topological polar surface area (TPSA) is 61.4 Å². The zero-order valence-corrected chi connectivity index (χ0v) is 15.0. The highest BCUT2D eigenvalue weighted by Gasteiger charge is 2.06. The maximum Gasteiger partial charge on any atom is 0.251 e. The van der Waals surface area contributed by atoms with Gasteiger partial charge < -0.3 is 15.5 Å². The van der Waals surface area contributed by atoms with E-state index in [1.54, 1.807) is 19.2 Å². The molecule has 2 amide bonds. The van der Waals surface area contributed by atoms with E-state index in [0.717, 1.165) is 24.2 Å². The molecule has 0 unspecified atom stereocenters. The molecule has 0 saturated carbocycles. The molecule has 0 saturated heterocycles. The van der Waals surface area contributed by atoms with Gasteiger partial charge in [-0.05, 0) is 55.3 Å². The number of nitrogens with one attached hydrogen (secondary N) is 2. The fourth-order valence-electron chi connectivity index (χ4n) is 2.44. The zero-order valence-electron chi connectivity index (χ0n) is 15.0. The fraction of sp³-hybridized carbons (Fsp3) is 0.300. The van der Waals surface area contributed by atoms with Gasteiger partial charge >= 0.3 is 0 Å². The summed E-state index contributed by atoms with van der Waals surface area (Å²) < 4.78 is 0. The molecule has 2 aromatic carbocycles. The molecule has 0 atom stereocenters. The van der Waals surface area contributed by atoms with Crippen molar-refractivity contribution in [1.29, 1.82) is 0 Å². The number of rotatable bonds is 7. The highest BCUT2D eigenvalue weighted by molar-refractivity contribution is 5.94. The molecule has 0 aromatic heterocycles. The van der Waals surface area contributed by atoms with Gasteiger partial charge in [0.15, 0.2) is 0 Å². The molecular weight excluding hydrogens is 314 g/mol. The predicted molar refractivity (Wildman–Crippen MR) is 101 cm³/mol. The van der Waals surface area contributed by atoms with Gasteiger partial charge in [0, 0.05) is 44.0 Å². The van der Waals surface area contributed by atoms with Gasteiger partial charge in [-0.2, -0.15) is 0 Å². The fourth-order valence-corrected chi connectivity index (χ4v) is 2.44. The first-order valence-electron chi connectivity index (χ1n) is 8.45. The highest BCUT2D eigenvalue weighted by atomic mass is 16.2. The number of carbonyl (C=O) groups is 2.